The summed E-state index contributed by atoms with van der Waals surface area (Å²) in [5, 5.41) is 0. The monoisotopic (exact) mass is 265 g/mol. The molecule has 98 valence electrons. The molecule has 1 aliphatic rings. The quantitative estimate of drug-likeness (QED) is 0.799. The van der Waals surface area contributed by atoms with Crippen LogP contribution in [0.3, 0.4) is 0 Å². The SMILES string of the molecule is CCOc1ccc([C@H]2CC[C@H](/C=C/Cl)CC2)nc1. The standard InChI is InChI=1S/C15H20ClNO/c1-2-18-14-7-8-15(17-11-14)13-5-3-12(4-6-13)9-10-16/h7-13H,2-6H2,1H3/b10-9+/t12-,13-. The minimum absolute atomic E-state index is 0.598. The van der Waals surface area contributed by atoms with Gasteiger partial charge in [0.05, 0.1) is 12.8 Å². The number of allylic oxidation sites excluding steroid dienone is 1. The van der Waals surface area contributed by atoms with Crippen LogP contribution in [0.1, 0.15) is 44.2 Å². The second-order valence-corrected chi connectivity index (χ2v) is 5.03. The number of hydrogen-bond acceptors (Lipinski definition) is 2. The molecule has 18 heavy (non-hydrogen) atoms. The normalized spacial score (nSPS) is 24.3. The third-order valence-corrected chi connectivity index (χ3v) is 3.75. The number of ether oxygens (including phenoxy) is 1. The summed E-state index contributed by atoms with van der Waals surface area (Å²) in [6.07, 6.45) is 8.78. The Morgan fingerprint density at radius 1 is 1.33 bits per heavy atom. The van der Waals surface area contributed by atoms with E-state index in [1.165, 1.54) is 31.4 Å². The number of nitrogens with zero attached hydrogens (tertiary/aromatic N) is 1. The maximum Gasteiger partial charge on any atom is 0.137 e. The van der Waals surface area contributed by atoms with E-state index in [4.69, 9.17) is 16.3 Å². The summed E-state index contributed by atoms with van der Waals surface area (Å²) in [4.78, 5) is 4.52. The van der Waals surface area contributed by atoms with Gasteiger partial charge in [0, 0.05) is 17.1 Å². The van der Waals surface area contributed by atoms with Crippen LogP contribution in [0.25, 0.3) is 0 Å². The largest absolute Gasteiger partial charge is 0.492 e. The maximum absolute atomic E-state index is 5.63. The molecular weight excluding hydrogens is 246 g/mol. The average Bonchev–Trinajstić information content (AvgIpc) is 2.41. The van der Waals surface area contributed by atoms with E-state index in [2.05, 4.69) is 17.1 Å². The van der Waals surface area contributed by atoms with E-state index < -0.39 is 0 Å². The first-order chi connectivity index (χ1) is 8.83. The van der Waals surface area contributed by atoms with Crippen LogP contribution in [0.15, 0.2) is 29.9 Å². The minimum Gasteiger partial charge on any atom is -0.492 e. The highest BCUT2D eigenvalue weighted by Crippen LogP contribution is 2.35. The summed E-state index contributed by atoms with van der Waals surface area (Å²) in [6, 6.07) is 4.13. The Morgan fingerprint density at radius 2 is 2.11 bits per heavy atom. The van der Waals surface area contributed by atoms with Crippen molar-refractivity contribution in [3.8, 4) is 5.75 Å². The van der Waals surface area contributed by atoms with E-state index in [1.54, 1.807) is 5.54 Å². The molecule has 0 unspecified atom stereocenters. The summed E-state index contributed by atoms with van der Waals surface area (Å²) in [6.45, 7) is 2.68. The fourth-order valence-corrected chi connectivity index (χ4v) is 2.80. The van der Waals surface area contributed by atoms with Crippen molar-refractivity contribution in [2.24, 2.45) is 5.92 Å². The highest BCUT2D eigenvalue weighted by molar-refractivity contribution is 6.25. The molecule has 1 aliphatic carbocycles. The predicted octanol–water partition coefficient (Wildman–Crippen LogP) is 4.51. The average molecular weight is 266 g/mol. The van der Waals surface area contributed by atoms with Gasteiger partial charge in [0.25, 0.3) is 0 Å². The minimum atomic E-state index is 0.598. The van der Waals surface area contributed by atoms with Crippen molar-refractivity contribution >= 4 is 11.6 Å². The van der Waals surface area contributed by atoms with E-state index in [-0.39, 0.29) is 0 Å². The van der Waals surface area contributed by atoms with Gasteiger partial charge < -0.3 is 4.74 Å². The Hall–Kier alpha value is -1.02. The molecule has 0 amide bonds. The van der Waals surface area contributed by atoms with Crippen LogP contribution >= 0.6 is 11.6 Å². The van der Waals surface area contributed by atoms with Gasteiger partial charge in [-0.2, -0.15) is 0 Å². The molecule has 2 rings (SSSR count). The van der Waals surface area contributed by atoms with Crippen molar-refractivity contribution in [3.63, 3.8) is 0 Å². The van der Waals surface area contributed by atoms with Crippen molar-refractivity contribution in [1.82, 2.24) is 4.98 Å². The van der Waals surface area contributed by atoms with Crippen molar-refractivity contribution in [3.05, 3.63) is 35.6 Å². The lowest BCUT2D eigenvalue weighted by Crippen LogP contribution is -2.12. The summed E-state index contributed by atoms with van der Waals surface area (Å²) in [5.41, 5.74) is 2.85. The van der Waals surface area contributed by atoms with E-state index in [0.29, 0.717) is 18.4 Å². The molecule has 0 saturated heterocycles. The van der Waals surface area contributed by atoms with Crippen molar-refractivity contribution < 1.29 is 4.74 Å². The maximum atomic E-state index is 5.63. The van der Waals surface area contributed by atoms with Gasteiger partial charge in [-0.1, -0.05) is 17.7 Å². The second kappa shape index (κ2) is 6.79. The van der Waals surface area contributed by atoms with Crippen molar-refractivity contribution in [2.45, 2.75) is 38.5 Å². The van der Waals surface area contributed by atoms with E-state index in [0.717, 1.165) is 5.75 Å². The van der Waals surface area contributed by atoms with Gasteiger partial charge in [0.1, 0.15) is 5.75 Å². The molecule has 2 nitrogen and oxygen atoms in total. The smallest absolute Gasteiger partial charge is 0.137 e. The van der Waals surface area contributed by atoms with Gasteiger partial charge in [0.2, 0.25) is 0 Å². The third-order valence-electron chi connectivity index (χ3n) is 3.61. The number of aromatic nitrogens is 1. The van der Waals surface area contributed by atoms with Gasteiger partial charge in [-0.15, -0.1) is 0 Å². The molecular formula is C15H20ClNO. The van der Waals surface area contributed by atoms with Crippen LogP contribution in [0.4, 0.5) is 0 Å². The number of rotatable bonds is 4. The molecule has 1 aromatic heterocycles. The molecule has 1 saturated carbocycles. The summed E-state index contributed by atoms with van der Waals surface area (Å²) < 4.78 is 5.41. The fourth-order valence-electron chi connectivity index (χ4n) is 2.60. The summed E-state index contributed by atoms with van der Waals surface area (Å²) >= 11 is 5.63. The topological polar surface area (TPSA) is 22.1 Å². The number of halogens is 1. The second-order valence-electron chi connectivity index (χ2n) is 4.78. The lowest BCUT2D eigenvalue weighted by Gasteiger charge is -2.26. The molecule has 3 heteroatoms. The highest BCUT2D eigenvalue weighted by atomic mass is 35.5. The zero-order chi connectivity index (χ0) is 12.8. The number of pyridine rings is 1. The van der Waals surface area contributed by atoms with Crippen molar-refractivity contribution in [1.29, 1.82) is 0 Å². The van der Waals surface area contributed by atoms with E-state index in [9.17, 15) is 0 Å². The summed E-state index contributed by atoms with van der Waals surface area (Å²) in [5.74, 6) is 2.11. The molecule has 0 N–H and O–H groups in total. The van der Waals surface area contributed by atoms with Crippen molar-refractivity contribution in [2.75, 3.05) is 6.61 Å². The lowest BCUT2D eigenvalue weighted by atomic mass is 9.80. The molecule has 0 aliphatic heterocycles. The van der Waals surface area contributed by atoms with Crippen LogP contribution in [-0.2, 0) is 0 Å². The predicted molar refractivity (Wildman–Crippen MR) is 75.1 cm³/mol. The van der Waals surface area contributed by atoms with E-state index in [1.807, 2.05) is 19.2 Å². The molecule has 0 bridgehead atoms. The Bertz CT molecular complexity index is 380. The van der Waals surface area contributed by atoms with Gasteiger partial charge >= 0.3 is 0 Å². The highest BCUT2D eigenvalue weighted by Gasteiger charge is 2.21. The van der Waals surface area contributed by atoms with Crippen LogP contribution in [0.2, 0.25) is 0 Å². The van der Waals surface area contributed by atoms with Gasteiger partial charge in [-0.05, 0) is 50.7 Å². The molecule has 1 heterocycles. The third kappa shape index (κ3) is 3.49. The molecule has 1 fully saturated rings. The van der Waals surface area contributed by atoms with Gasteiger partial charge in [-0.3, -0.25) is 4.98 Å². The van der Waals surface area contributed by atoms with Crippen LogP contribution in [0.5, 0.6) is 5.75 Å². The first-order valence-electron chi connectivity index (χ1n) is 6.69. The van der Waals surface area contributed by atoms with Crippen LogP contribution in [-0.4, -0.2) is 11.6 Å². The van der Waals surface area contributed by atoms with Crippen LogP contribution in [0, 0.1) is 5.92 Å². The first-order valence-corrected chi connectivity index (χ1v) is 7.12. The summed E-state index contributed by atoms with van der Waals surface area (Å²) in [7, 11) is 0. The Morgan fingerprint density at radius 3 is 2.67 bits per heavy atom. The lowest BCUT2D eigenvalue weighted by molar-refractivity contribution is 0.337. The molecule has 0 aromatic carbocycles. The molecule has 1 aromatic rings. The van der Waals surface area contributed by atoms with Gasteiger partial charge in [-0.25, -0.2) is 0 Å². The molecule has 0 radical (unpaired) electrons. The van der Waals surface area contributed by atoms with Gasteiger partial charge in [0.15, 0.2) is 0 Å². The Labute approximate surface area is 114 Å². The zero-order valence-electron chi connectivity index (χ0n) is 10.8. The number of hydrogen-bond donors (Lipinski definition) is 0. The van der Waals surface area contributed by atoms with Crippen LogP contribution < -0.4 is 4.74 Å². The zero-order valence-corrected chi connectivity index (χ0v) is 11.6. The Balaban J connectivity index is 1.92. The molecule has 0 atom stereocenters. The fraction of sp³-hybridized carbons (Fsp3) is 0.533. The Kier molecular flexibility index (Phi) is 5.06. The molecule has 0 spiro atoms. The van der Waals surface area contributed by atoms with E-state index >= 15 is 0 Å². The first kappa shape index (κ1) is 13.4.